The quantitative estimate of drug-likeness (QED) is 0.580. The van der Waals surface area contributed by atoms with Crippen LogP contribution in [0.3, 0.4) is 0 Å². The van der Waals surface area contributed by atoms with Crippen LogP contribution in [-0.2, 0) is 0 Å². The maximum absolute atomic E-state index is 11.8. The molecular weight excluding hydrogens is 214 g/mol. The molecule has 1 amide bonds. The van der Waals surface area contributed by atoms with Gasteiger partial charge in [-0.05, 0) is 25.0 Å². The van der Waals surface area contributed by atoms with Gasteiger partial charge in [0.2, 0.25) is 0 Å². The lowest BCUT2D eigenvalue weighted by molar-refractivity contribution is 0.0931. The molecule has 0 bridgehead atoms. The average molecular weight is 225 g/mol. The fraction of sp³-hybridized carbons (Fsp3) is 0.231. The van der Waals surface area contributed by atoms with Gasteiger partial charge in [0.25, 0.3) is 5.91 Å². The number of aromatic nitrogens is 1. The lowest BCUT2D eigenvalue weighted by Gasteiger charge is -2.06. The highest BCUT2D eigenvalue weighted by molar-refractivity contribution is 5.94. The molecule has 17 heavy (non-hydrogen) atoms. The molecule has 1 aliphatic carbocycles. The molecule has 1 aromatic rings. The van der Waals surface area contributed by atoms with Gasteiger partial charge >= 0.3 is 0 Å². The summed E-state index contributed by atoms with van der Waals surface area (Å²) in [5, 5.41) is 0. The summed E-state index contributed by atoms with van der Waals surface area (Å²) in [5.41, 5.74) is 6.64. The standard InChI is InChI=1S/C13H11N3O/c1-3-10-7-9(8-11(4-2)14-10)13(17)16-15-12-5-6-12/h1-2,7-8,12,15H,5-6H2,(H,16,17). The van der Waals surface area contributed by atoms with E-state index >= 15 is 0 Å². The summed E-state index contributed by atoms with van der Waals surface area (Å²) in [6, 6.07) is 3.45. The Hall–Kier alpha value is -2.30. The second-order valence-corrected chi connectivity index (χ2v) is 3.79. The molecule has 0 atom stereocenters. The van der Waals surface area contributed by atoms with E-state index in [1.165, 1.54) is 12.1 Å². The van der Waals surface area contributed by atoms with E-state index in [0.29, 0.717) is 23.0 Å². The first-order chi connectivity index (χ1) is 8.22. The number of carbonyl (C=O) groups excluding carboxylic acids is 1. The molecular formula is C13H11N3O. The van der Waals surface area contributed by atoms with Crippen LogP contribution in [0.4, 0.5) is 0 Å². The number of carbonyl (C=O) groups is 1. The largest absolute Gasteiger partial charge is 0.287 e. The summed E-state index contributed by atoms with van der Waals surface area (Å²) in [4.78, 5) is 15.8. The third-order valence-corrected chi connectivity index (χ3v) is 2.35. The molecule has 1 fully saturated rings. The van der Waals surface area contributed by atoms with Gasteiger partial charge in [-0.15, -0.1) is 12.8 Å². The van der Waals surface area contributed by atoms with Gasteiger partial charge in [-0.25, -0.2) is 10.4 Å². The predicted octanol–water partition coefficient (Wildman–Crippen LogP) is 0.441. The molecule has 2 rings (SSSR count). The number of terminal acetylenes is 2. The molecule has 0 unspecified atom stereocenters. The minimum absolute atomic E-state index is 0.257. The second kappa shape index (κ2) is 4.69. The molecule has 0 aromatic carbocycles. The van der Waals surface area contributed by atoms with E-state index in [9.17, 15) is 4.79 Å². The lowest BCUT2D eigenvalue weighted by atomic mass is 10.2. The first kappa shape index (κ1) is 11.2. The third-order valence-electron chi connectivity index (χ3n) is 2.35. The fourth-order valence-electron chi connectivity index (χ4n) is 1.28. The Morgan fingerprint density at radius 1 is 1.29 bits per heavy atom. The van der Waals surface area contributed by atoms with Crippen LogP contribution in [0.25, 0.3) is 0 Å². The van der Waals surface area contributed by atoms with Crippen molar-refractivity contribution in [2.24, 2.45) is 0 Å². The van der Waals surface area contributed by atoms with E-state index in [2.05, 4.69) is 27.7 Å². The maximum Gasteiger partial charge on any atom is 0.265 e. The number of amides is 1. The molecule has 1 saturated carbocycles. The van der Waals surface area contributed by atoms with Crippen LogP contribution in [-0.4, -0.2) is 16.9 Å². The Kier molecular flexibility index (Phi) is 3.09. The van der Waals surface area contributed by atoms with Crippen LogP contribution in [0.2, 0.25) is 0 Å². The summed E-state index contributed by atoms with van der Waals surface area (Å²) < 4.78 is 0. The number of hydrogen-bond donors (Lipinski definition) is 2. The highest BCUT2D eigenvalue weighted by Gasteiger charge is 2.21. The molecule has 1 aliphatic rings. The number of nitrogens with zero attached hydrogens (tertiary/aromatic N) is 1. The predicted molar refractivity (Wildman–Crippen MR) is 63.7 cm³/mol. The van der Waals surface area contributed by atoms with Crippen molar-refractivity contribution < 1.29 is 4.79 Å². The SMILES string of the molecule is C#Cc1cc(C(=O)NNC2CC2)cc(C#C)n1. The highest BCUT2D eigenvalue weighted by Crippen LogP contribution is 2.17. The first-order valence-corrected chi connectivity index (χ1v) is 5.24. The monoisotopic (exact) mass is 225 g/mol. The molecule has 1 aromatic heterocycles. The molecule has 0 spiro atoms. The van der Waals surface area contributed by atoms with Gasteiger partial charge in [-0.3, -0.25) is 10.2 Å². The Balaban J connectivity index is 2.15. The van der Waals surface area contributed by atoms with Crippen LogP contribution in [0.15, 0.2) is 12.1 Å². The Morgan fingerprint density at radius 2 is 1.88 bits per heavy atom. The third kappa shape index (κ3) is 2.84. The Bertz CT molecular complexity index is 500. The van der Waals surface area contributed by atoms with Crippen molar-refractivity contribution in [2.45, 2.75) is 18.9 Å². The smallest absolute Gasteiger partial charge is 0.265 e. The highest BCUT2D eigenvalue weighted by atomic mass is 16.2. The summed E-state index contributed by atoms with van der Waals surface area (Å²) in [6.07, 6.45) is 12.7. The van der Waals surface area contributed by atoms with Crippen molar-refractivity contribution in [3.05, 3.63) is 29.1 Å². The zero-order valence-corrected chi connectivity index (χ0v) is 9.16. The number of pyridine rings is 1. The molecule has 84 valence electrons. The summed E-state index contributed by atoms with van der Waals surface area (Å²) >= 11 is 0. The van der Waals surface area contributed by atoms with Crippen LogP contribution in [0.5, 0.6) is 0 Å². The van der Waals surface area contributed by atoms with Crippen molar-refractivity contribution in [1.29, 1.82) is 0 Å². The number of hydrogen-bond acceptors (Lipinski definition) is 3. The normalized spacial score (nSPS) is 13.5. The average Bonchev–Trinajstić information content (AvgIpc) is 3.19. The zero-order chi connectivity index (χ0) is 12.3. The molecule has 0 aliphatic heterocycles. The Labute approximate surface area is 99.8 Å². The van der Waals surface area contributed by atoms with Crippen LogP contribution in [0, 0.1) is 24.7 Å². The van der Waals surface area contributed by atoms with Gasteiger partial charge in [0.05, 0.1) is 0 Å². The summed E-state index contributed by atoms with van der Waals surface area (Å²) in [5.74, 6) is 4.48. The number of nitrogens with one attached hydrogen (secondary N) is 2. The molecule has 0 saturated heterocycles. The molecule has 0 radical (unpaired) electrons. The zero-order valence-electron chi connectivity index (χ0n) is 9.16. The van der Waals surface area contributed by atoms with Gasteiger partial charge in [-0.2, -0.15) is 0 Å². The molecule has 4 heteroatoms. The van der Waals surface area contributed by atoms with E-state index in [1.54, 1.807) is 0 Å². The van der Waals surface area contributed by atoms with Crippen molar-refractivity contribution in [3.63, 3.8) is 0 Å². The fourth-order valence-corrected chi connectivity index (χ4v) is 1.28. The number of rotatable bonds is 3. The number of hydrazine groups is 1. The summed E-state index contributed by atoms with van der Waals surface area (Å²) in [7, 11) is 0. The van der Waals surface area contributed by atoms with E-state index in [4.69, 9.17) is 12.8 Å². The molecule has 2 N–H and O–H groups in total. The van der Waals surface area contributed by atoms with Crippen LogP contribution >= 0.6 is 0 Å². The first-order valence-electron chi connectivity index (χ1n) is 5.24. The van der Waals surface area contributed by atoms with Gasteiger partial charge in [0.15, 0.2) is 0 Å². The molecule has 1 heterocycles. The second-order valence-electron chi connectivity index (χ2n) is 3.79. The Morgan fingerprint density at radius 3 is 2.35 bits per heavy atom. The van der Waals surface area contributed by atoms with E-state index in [-0.39, 0.29) is 5.91 Å². The van der Waals surface area contributed by atoms with Gasteiger partial charge in [0, 0.05) is 11.6 Å². The van der Waals surface area contributed by atoms with Crippen LogP contribution < -0.4 is 10.9 Å². The minimum atomic E-state index is -0.257. The maximum atomic E-state index is 11.8. The minimum Gasteiger partial charge on any atom is -0.287 e. The van der Waals surface area contributed by atoms with E-state index in [0.717, 1.165) is 12.8 Å². The van der Waals surface area contributed by atoms with Gasteiger partial charge < -0.3 is 0 Å². The van der Waals surface area contributed by atoms with Crippen molar-refractivity contribution in [2.75, 3.05) is 0 Å². The van der Waals surface area contributed by atoms with Gasteiger partial charge in [-0.1, -0.05) is 11.8 Å². The van der Waals surface area contributed by atoms with E-state index < -0.39 is 0 Å². The van der Waals surface area contributed by atoms with Crippen molar-refractivity contribution >= 4 is 5.91 Å². The molecule has 4 nitrogen and oxygen atoms in total. The van der Waals surface area contributed by atoms with Crippen LogP contribution in [0.1, 0.15) is 34.6 Å². The van der Waals surface area contributed by atoms with Crippen molar-refractivity contribution in [1.82, 2.24) is 15.8 Å². The lowest BCUT2D eigenvalue weighted by Crippen LogP contribution is -2.38. The van der Waals surface area contributed by atoms with Crippen molar-refractivity contribution in [3.8, 4) is 24.7 Å². The van der Waals surface area contributed by atoms with Gasteiger partial charge in [0.1, 0.15) is 11.4 Å². The topological polar surface area (TPSA) is 54.0 Å². The van der Waals surface area contributed by atoms with E-state index in [1.807, 2.05) is 0 Å². The summed E-state index contributed by atoms with van der Waals surface area (Å²) in [6.45, 7) is 0.